The van der Waals surface area contributed by atoms with E-state index in [0.29, 0.717) is 30.8 Å². The average molecular weight is 393 g/mol. The molecule has 0 aliphatic heterocycles. The Hall–Kier alpha value is -4.09. The van der Waals surface area contributed by atoms with Gasteiger partial charge < -0.3 is 10.1 Å². The van der Waals surface area contributed by atoms with E-state index in [9.17, 15) is 4.79 Å². The predicted octanol–water partition coefficient (Wildman–Crippen LogP) is 4.23. The zero-order chi connectivity index (χ0) is 20.8. The molecule has 0 spiro atoms. The van der Waals surface area contributed by atoms with E-state index in [4.69, 9.17) is 10.00 Å². The van der Waals surface area contributed by atoms with Crippen LogP contribution in [-0.2, 0) is 4.74 Å². The van der Waals surface area contributed by atoms with Gasteiger partial charge in [0.25, 0.3) is 0 Å². The van der Waals surface area contributed by atoms with Crippen molar-refractivity contribution >= 4 is 6.09 Å². The van der Waals surface area contributed by atoms with Crippen molar-refractivity contribution in [2.24, 2.45) is 0 Å². The van der Waals surface area contributed by atoms with Crippen molar-refractivity contribution in [2.45, 2.75) is 12.3 Å². The van der Waals surface area contributed by atoms with Crippen LogP contribution in [0.1, 0.15) is 34.7 Å². The van der Waals surface area contributed by atoms with Crippen LogP contribution in [0.25, 0.3) is 11.1 Å². The summed E-state index contributed by atoms with van der Waals surface area (Å²) in [5.41, 5.74) is 5.87. The van der Waals surface area contributed by atoms with Crippen LogP contribution < -0.4 is 5.32 Å². The fourth-order valence-corrected chi connectivity index (χ4v) is 3.56. The number of ether oxygens (including phenoxy) is 1. The number of benzene rings is 2. The highest BCUT2D eigenvalue weighted by atomic mass is 16.5. The van der Waals surface area contributed by atoms with E-state index in [1.165, 1.54) is 28.5 Å². The predicted molar refractivity (Wildman–Crippen MR) is 114 cm³/mol. The normalized spacial score (nSPS) is 11.4. The Bertz CT molecular complexity index is 1120. The topological polar surface area (TPSA) is 75.0 Å². The Balaban J connectivity index is 1.28. The molecule has 1 amide bonds. The number of fused-ring (bicyclic) bond motifs is 3. The van der Waals surface area contributed by atoms with Crippen molar-refractivity contribution < 1.29 is 9.53 Å². The quantitative estimate of drug-likeness (QED) is 0.532. The maximum Gasteiger partial charge on any atom is 0.407 e. The van der Waals surface area contributed by atoms with Crippen molar-refractivity contribution in [3.05, 3.63) is 89.2 Å². The second-order valence-electron chi connectivity index (χ2n) is 6.85. The van der Waals surface area contributed by atoms with Gasteiger partial charge in [-0.15, -0.1) is 0 Å². The molecule has 5 heteroatoms. The van der Waals surface area contributed by atoms with E-state index in [1.807, 2.05) is 30.3 Å². The average Bonchev–Trinajstić information content (AvgIpc) is 3.12. The molecule has 0 fully saturated rings. The second-order valence-corrected chi connectivity index (χ2v) is 6.85. The van der Waals surface area contributed by atoms with E-state index < -0.39 is 6.09 Å². The van der Waals surface area contributed by atoms with Crippen LogP contribution in [0.3, 0.4) is 0 Å². The van der Waals surface area contributed by atoms with Gasteiger partial charge in [-0.25, -0.2) is 9.78 Å². The third-order valence-corrected chi connectivity index (χ3v) is 4.97. The van der Waals surface area contributed by atoms with E-state index in [-0.39, 0.29) is 5.92 Å². The van der Waals surface area contributed by atoms with Crippen molar-refractivity contribution in [1.82, 2.24) is 10.3 Å². The van der Waals surface area contributed by atoms with Crippen LogP contribution in [0, 0.1) is 23.2 Å². The molecule has 1 aromatic heterocycles. The van der Waals surface area contributed by atoms with Gasteiger partial charge in [0, 0.05) is 25.1 Å². The first kappa shape index (κ1) is 19.2. The summed E-state index contributed by atoms with van der Waals surface area (Å²) in [6.07, 6.45) is 1.51. The van der Waals surface area contributed by atoms with E-state index in [0.717, 1.165) is 0 Å². The number of carbonyl (C=O) groups excluding carboxylic acids is 1. The van der Waals surface area contributed by atoms with Gasteiger partial charge >= 0.3 is 6.09 Å². The van der Waals surface area contributed by atoms with Gasteiger partial charge in [0.2, 0.25) is 0 Å². The Labute approximate surface area is 175 Å². The molecule has 0 bridgehead atoms. The Morgan fingerprint density at radius 1 is 1.03 bits per heavy atom. The van der Waals surface area contributed by atoms with Crippen LogP contribution >= 0.6 is 0 Å². The Morgan fingerprint density at radius 3 is 2.37 bits per heavy atom. The number of alkyl carbamates (subject to hydrolysis) is 1. The third-order valence-electron chi connectivity index (χ3n) is 4.97. The summed E-state index contributed by atoms with van der Waals surface area (Å²) in [5.74, 6) is 5.90. The summed E-state index contributed by atoms with van der Waals surface area (Å²) in [6, 6.07) is 21.9. The standard InChI is InChI=1S/C25H19N3O2/c26-15-18-12-13-19(28-16-18)7-5-6-14-27-25(29)30-17-24-22-10-3-1-8-20(22)21-9-2-4-11-23(21)24/h1-4,8-13,16,24H,6,14,17H2,(H,27,29). The van der Waals surface area contributed by atoms with Crippen molar-refractivity contribution in [3.63, 3.8) is 0 Å². The monoisotopic (exact) mass is 393 g/mol. The number of nitriles is 1. The summed E-state index contributed by atoms with van der Waals surface area (Å²) < 4.78 is 5.49. The molecule has 5 nitrogen and oxygen atoms in total. The maximum atomic E-state index is 12.1. The summed E-state index contributed by atoms with van der Waals surface area (Å²) >= 11 is 0. The van der Waals surface area contributed by atoms with Crippen molar-refractivity contribution in [3.8, 4) is 29.0 Å². The molecule has 1 N–H and O–H groups in total. The van der Waals surface area contributed by atoms with Crippen molar-refractivity contribution in [2.75, 3.05) is 13.2 Å². The number of nitrogens with zero attached hydrogens (tertiary/aromatic N) is 2. The Kier molecular flexibility index (Phi) is 5.73. The minimum Gasteiger partial charge on any atom is -0.449 e. The highest BCUT2D eigenvalue weighted by Crippen LogP contribution is 2.44. The molecule has 4 rings (SSSR count). The number of aromatic nitrogens is 1. The van der Waals surface area contributed by atoms with Crippen LogP contribution in [0.4, 0.5) is 4.79 Å². The molecule has 1 aliphatic rings. The lowest BCUT2D eigenvalue weighted by Gasteiger charge is -2.14. The van der Waals surface area contributed by atoms with Crippen molar-refractivity contribution in [1.29, 1.82) is 5.26 Å². The van der Waals surface area contributed by atoms with E-state index >= 15 is 0 Å². The molecule has 0 saturated heterocycles. The SMILES string of the molecule is N#Cc1ccc(C#CCCNC(=O)OCC2c3ccccc3-c3ccccc32)nc1. The lowest BCUT2D eigenvalue weighted by Crippen LogP contribution is -2.26. The zero-order valence-corrected chi connectivity index (χ0v) is 16.3. The van der Waals surface area contributed by atoms with Gasteiger partial charge in [-0.3, -0.25) is 0 Å². The number of nitrogens with one attached hydrogen (secondary N) is 1. The molecular weight excluding hydrogens is 374 g/mol. The summed E-state index contributed by atoms with van der Waals surface area (Å²) in [7, 11) is 0. The van der Waals surface area contributed by atoms with Gasteiger partial charge in [-0.1, -0.05) is 54.5 Å². The van der Waals surface area contributed by atoms with Gasteiger partial charge in [0.1, 0.15) is 18.4 Å². The summed E-state index contributed by atoms with van der Waals surface area (Å²) in [5, 5.41) is 11.5. The molecule has 0 atom stereocenters. The van der Waals surface area contributed by atoms with Gasteiger partial charge in [-0.05, 0) is 40.3 Å². The molecule has 1 heterocycles. The highest BCUT2D eigenvalue weighted by molar-refractivity contribution is 5.79. The van der Waals surface area contributed by atoms with E-state index in [2.05, 4.69) is 46.4 Å². The highest BCUT2D eigenvalue weighted by Gasteiger charge is 2.28. The summed E-state index contributed by atoms with van der Waals surface area (Å²) in [6.45, 7) is 0.681. The smallest absolute Gasteiger partial charge is 0.407 e. The van der Waals surface area contributed by atoms with Gasteiger partial charge in [0.05, 0.1) is 5.56 Å². The number of hydrogen-bond donors (Lipinski definition) is 1. The first-order chi connectivity index (χ1) is 14.8. The number of pyridine rings is 1. The number of rotatable bonds is 4. The lowest BCUT2D eigenvalue weighted by molar-refractivity contribution is 0.143. The lowest BCUT2D eigenvalue weighted by atomic mass is 9.98. The first-order valence-corrected chi connectivity index (χ1v) is 9.70. The molecule has 30 heavy (non-hydrogen) atoms. The number of hydrogen-bond acceptors (Lipinski definition) is 4. The molecule has 3 aromatic rings. The maximum absolute atomic E-state index is 12.1. The summed E-state index contributed by atoms with van der Waals surface area (Å²) in [4.78, 5) is 16.2. The largest absolute Gasteiger partial charge is 0.449 e. The minimum absolute atomic E-state index is 0.0467. The minimum atomic E-state index is -0.449. The molecule has 2 aromatic carbocycles. The zero-order valence-electron chi connectivity index (χ0n) is 16.3. The molecular formula is C25H19N3O2. The molecule has 0 unspecified atom stereocenters. The van der Waals surface area contributed by atoms with Crippen LogP contribution in [0.5, 0.6) is 0 Å². The molecule has 146 valence electrons. The first-order valence-electron chi connectivity index (χ1n) is 9.70. The van der Waals surface area contributed by atoms with Crippen LogP contribution in [0.15, 0.2) is 66.9 Å². The third kappa shape index (κ3) is 4.16. The molecule has 1 aliphatic carbocycles. The van der Waals surface area contributed by atoms with E-state index in [1.54, 1.807) is 12.1 Å². The fourth-order valence-electron chi connectivity index (χ4n) is 3.56. The number of carbonyl (C=O) groups is 1. The second kappa shape index (κ2) is 8.94. The Morgan fingerprint density at radius 2 is 1.73 bits per heavy atom. The van der Waals surface area contributed by atoms with Crippen LogP contribution in [0.2, 0.25) is 0 Å². The molecule has 0 saturated carbocycles. The van der Waals surface area contributed by atoms with Gasteiger partial charge in [-0.2, -0.15) is 5.26 Å². The fraction of sp³-hybridized carbons (Fsp3) is 0.160. The number of amides is 1. The molecule has 0 radical (unpaired) electrons. The van der Waals surface area contributed by atoms with Crippen LogP contribution in [-0.4, -0.2) is 24.2 Å². The van der Waals surface area contributed by atoms with Gasteiger partial charge in [0.15, 0.2) is 0 Å².